The minimum atomic E-state index is -3.64. The summed E-state index contributed by atoms with van der Waals surface area (Å²) in [5.74, 6) is -1.46. The van der Waals surface area contributed by atoms with Crippen molar-refractivity contribution < 1.29 is 18.0 Å². The van der Waals surface area contributed by atoms with Gasteiger partial charge in [0.15, 0.2) is 0 Å². The normalized spacial score (nSPS) is 17.0. The minimum Gasteiger partial charge on any atom is -0.348 e. The van der Waals surface area contributed by atoms with E-state index in [9.17, 15) is 18.0 Å². The summed E-state index contributed by atoms with van der Waals surface area (Å²) in [6.07, 6.45) is 2.93. The SMILES string of the molecule is Cc1ccc(C)c(S(=O)(=O)N2CCCCC2CCNC(=O)C(=O)Nc2ccccc2C)c1. The van der Waals surface area contributed by atoms with Crippen LogP contribution in [0.15, 0.2) is 47.4 Å². The third-order valence-electron chi connectivity index (χ3n) is 5.87. The van der Waals surface area contributed by atoms with Crippen molar-refractivity contribution in [1.82, 2.24) is 9.62 Å². The van der Waals surface area contributed by atoms with Crippen molar-refractivity contribution in [3.05, 3.63) is 59.2 Å². The van der Waals surface area contributed by atoms with Gasteiger partial charge in [0.25, 0.3) is 0 Å². The van der Waals surface area contributed by atoms with Crippen LogP contribution >= 0.6 is 0 Å². The zero-order valence-electron chi connectivity index (χ0n) is 18.8. The Bertz CT molecular complexity index is 1100. The molecule has 2 amide bonds. The first kappa shape index (κ1) is 23.9. The third-order valence-corrected chi connectivity index (χ3v) is 7.96. The first-order valence-corrected chi connectivity index (χ1v) is 12.4. The molecule has 2 aromatic rings. The molecule has 3 rings (SSSR count). The molecule has 0 aromatic heterocycles. The summed E-state index contributed by atoms with van der Waals surface area (Å²) in [5.41, 5.74) is 3.07. The van der Waals surface area contributed by atoms with E-state index in [1.165, 1.54) is 0 Å². The first-order valence-electron chi connectivity index (χ1n) is 10.9. The van der Waals surface area contributed by atoms with Gasteiger partial charge < -0.3 is 10.6 Å². The van der Waals surface area contributed by atoms with Crippen molar-refractivity contribution in [2.24, 2.45) is 0 Å². The summed E-state index contributed by atoms with van der Waals surface area (Å²) in [5, 5.41) is 5.24. The van der Waals surface area contributed by atoms with Crippen molar-refractivity contribution >= 4 is 27.5 Å². The molecule has 1 heterocycles. The van der Waals surface area contributed by atoms with Crippen LogP contribution in [-0.4, -0.2) is 43.7 Å². The Hall–Kier alpha value is -2.71. The molecule has 0 bridgehead atoms. The topological polar surface area (TPSA) is 95.6 Å². The molecule has 172 valence electrons. The Balaban J connectivity index is 1.62. The molecule has 1 fully saturated rings. The summed E-state index contributed by atoms with van der Waals surface area (Å²) in [6, 6.07) is 12.5. The van der Waals surface area contributed by atoms with E-state index in [-0.39, 0.29) is 12.6 Å². The second-order valence-electron chi connectivity index (χ2n) is 8.35. The molecule has 0 saturated carbocycles. The maximum Gasteiger partial charge on any atom is 0.313 e. The van der Waals surface area contributed by atoms with E-state index in [0.717, 1.165) is 36.0 Å². The van der Waals surface area contributed by atoms with Crippen LogP contribution in [0.25, 0.3) is 0 Å². The van der Waals surface area contributed by atoms with Crippen LogP contribution in [0, 0.1) is 20.8 Å². The summed E-state index contributed by atoms with van der Waals surface area (Å²) in [7, 11) is -3.64. The van der Waals surface area contributed by atoms with E-state index in [1.54, 1.807) is 29.4 Å². The number of hydrogen-bond donors (Lipinski definition) is 2. The van der Waals surface area contributed by atoms with Gasteiger partial charge in [-0.15, -0.1) is 0 Å². The molecule has 32 heavy (non-hydrogen) atoms. The average molecular weight is 458 g/mol. The van der Waals surface area contributed by atoms with Crippen molar-refractivity contribution in [1.29, 1.82) is 0 Å². The maximum atomic E-state index is 13.4. The number of rotatable bonds is 6. The third kappa shape index (κ3) is 5.55. The van der Waals surface area contributed by atoms with Gasteiger partial charge in [0.1, 0.15) is 0 Å². The standard InChI is InChI=1S/C24H31N3O4S/c1-17-11-12-19(3)22(16-17)32(30,31)27-15-7-6-9-20(27)13-14-25-23(28)24(29)26-21-10-5-4-8-18(21)2/h4-5,8,10-12,16,20H,6-7,9,13-15H2,1-3H3,(H,25,28)(H,26,29). The largest absolute Gasteiger partial charge is 0.348 e. The molecule has 2 aromatic carbocycles. The highest BCUT2D eigenvalue weighted by Gasteiger charge is 2.34. The lowest BCUT2D eigenvalue weighted by Gasteiger charge is -2.35. The van der Waals surface area contributed by atoms with Gasteiger partial charge in [-0.1, -0.05) is 36.8 Å². The van der Waals surface area contributed by atoms with Gasteiger partial charge in [0, 0.05) is 24.8 Å². The summed E-state index contributed by atoms with van der Waals surface area (Å²) < 4.78 is 28.3. The van der Waals surface area contributed by atoms with E-state index in [2.05, 4.69) is 10.6 Å². The number of hydrogen-bond acceptors (Lipinski definition) is 4. The molecule has 8 heteroatoms. The Labute approximate surface area is 190 Å². The van der Waals surface area contributed by atoms with Crippen molar-refractivity contribution in [2.75, 3.05) is 18.4 Å². The van der Waals surface area contributed by atoms with E-state index in [1.807, 2.05) is 38.1 Å². The summed E-state index contributed by atoms with van der Waals surface area (Å²) in [6.45, 7) is 6.22. The van der Waals surface area contributed by atoms with Gasteiger partial charge in [-0.05, 0) is 68.9 Å². The molecule has 1 aliphatic rings. The predicted molar refractivity (Wildman–Crippen MR) is 125 cm³/mol. The number of benzene rings is 2. The van der Waals surface area contributed by atoms with Crippen molar-refractivity contribution in [2.45, 2.75) is 57.4 Å². The highest BCUT2D eigenvalue weighted by molar-refractivity contribution is 7.89. The smallest absolute Gasteiger partial charge is 0.313 e. The lowest BCUT2D eigenvalue weighted by Crippen LogP contribution is -2.46. The Morgan fingerprint density at radius 3 is 2.50 bits per heavy atom. The number of carbonyl (C=O) groups is 2. The summed E-state index contributed by atoms with van der Waals surface area (Å²) in [4.78, 5) is 24.8. The van der Waals surface area contributed by atoms with Gasteiger partial charge in [-0.2, -0.15) is 4.31 Å². The molecule has 1 atom stereocenters. The lowest BCUT2D eigenvalue weighted by molar-refractivity contribution is -0.136. The van der Waals surface area contributed by atoms with Gasteiger partial charge in [-0.3, -0.25) is 9.59 Å². The zero-order chi connectivity index (χ0) is 23.3. The van der Waals surface area contributed by atoms with Crippen LogP contribution in [-0.2, 0) is 19.6 Å². The van der Waals surface area contributed by atoms with E-state index >= 15 is 0 Å². The molecule has 0 spiro atoms. The van der Waals surface area contributed by atoms with Gasteiger partial charge in [0.2, 0.25) is 10.0 Å². The molecule has 0 aliphatic carbocycles. The fraction of sp³-hybridized carbons (Fsp3) is 0.417. The zero-order valence-corrected chi connectivity index (χ0v) is 19.7. The van der Waals surface area contributed by atoms with Crippen LogP contribution in [0.2, 0.25) is 0 Å². The van der Waals surface area contributed by atoms with Crippen LogP contribution in [0.4, 0.5) is 5.69 Å². The van der Waals surface area contributed by atoms with Crippen molar-refractivity contribution in [3.8, 4) is 0 Å². The number of nitrogens with zero attached hydrogens (tertiary/aromatic N) is 1. The molecule has 1 saturated heterocycles. The molecule has 7 nitrogen and oxygen atoms in total. The maximum absolute atomic E-state index is 13.4. The Morgan fingerprint density at radius 2 is 1.75 bits per heavy atom. The number of nitrogens with one attached hydrogen (secondary N) is 2. The molecule has 1 aliphatic heterocycles. The van der Waals surface area contributed by atoms with Gasteiger partial charge in [-0.25, -0.2) is 8.42 Å². The number of carbonyl (C=O) groups excluding carboxylic acids is 2. The minimum absolute atomic E-state index is 0.214. The highest BCUT2D eigenvalue weighted by atomic mass is 32.2. The fourth-order valence-electron chi connectivity index (χ4n) is 4.02. The second kappa shape index (κ2) is 10.3. The van der Waals surface area contributed by atoms with Crippen molar-refractivity contribution in [3.63, 3.8) is 0 Å². The molecule has 1 unspecified atom stereocenters. The lowest BCUT2D eigenvalue weighted by atomic mass is 10.0. The van der Waals surface area contributed by atoms with Crippen LogP contribution in [0.3, 0.4) is 0 Å². The number of aryl methyl sites for hydroxylation is 3. The average Bonchev–Trinajstić information content (AvgIpc) is 2.77. The number of sulfonamides is 1. The Kier molecular flexibility index (Phi) is 7.69. The van der Waals surface area contributed by atoms with Crippen LogP contribution in [0.5, 0.6) is 0 Å². The quantitative estimate of drug-likeness (QED) is 0.651. The van der Waals surface area contributed by atoms with Crippen LogP contribution in [0.1, 0.15) is 42.4 Å². The number of para-hydroxylation sites is 1. The van der Waals surface area contributed by atoms with E-state index in [0.29, 0.717) is 23.5 Å². The van der Waals surface area contributed by atoms with Crippen LogP contribution < -0.4 is 10.6 Å². The molecular formula is C24H31N3O4S. The molecular weight excluding hydrogens is 426 g/mol. The highest BCUT2D eigenvalue weighted by Crippen LogP contribution is 2.29. The van der Waals surface area contributed by atoms with Gasteiger partial charge >= 0.3 is 11.8 Å². The second-order valence-corrected chi connectivity index (χ2v) is 10.2. The first-order chi connectivity index (χ1) is 15.2. The van der Waals surface area contributed by atoms with E-state index < -0.39 is 21.8 Å². The molecule has 2 N–H and O–H groups in total. The monoisotopic (exact) mass is 457 g/mol. The predicted octanol–water partition coefficient (Wildman–Crippen LogP) is 3.30. The summed E-state index contributed by atoms with van der Waals surface area (Å²) >= 11 is 0. The van der Waals surface area contributed by atoms with E-state index in [4.69, 9.17) is 0 Å². The molecule has 0 radical (unpaired) electrons. The fourth-order valence-corrected chi connectivity index (χ4v) is 6.05. The number of anilines is 1. The van der Waals surface area contributed by atoms with Gasteiger partial charge in [0.05, 0.1) is 4.90 Å². The number of amides is 2. The Morgan fingerprint density at radius 1 is 1.00 bits per heavy atom. The number of piperidine rings is 1.